The molecule has 1 fully saturated rings. The predicted molar refractivity (Wildman–Crippen MR) is 91.0 cm³/mol. The molecule has 0 atom stereocenters. The lowest BCUT2D eigenvalue weighted by Gasteiger charge is -2.20. The van der Waals surface area contributed by atoms with Crippen LogP contribution in [0.15, 0.2) is 23.3 Å². The summed E-state index contributed by atoms with van der Waals surface area (Å²) in [4.78, 5) is 13.3. The predicted octanol–water partition coefficient (Wildman–Crippen LogP) is 3.82. The van der Waals surface area contributed by atoms with Crippen molar-refractivity contribution in [3.05, 3.63) is 35.4 Å². The molecule has 0 saturated heterocycles. The number of imidazole rings is 1. The quantitative estimate of drug-likeness (QED) is 0.917. The summed E-state index contributed by atoms with van der Waals surface area (Å²) < 4.78 is 1.83. The summed E-state index contributed by atoms with van der Waals surface area (Å²) in [6.07, 6.45) is 11.6. The van der Waals surface area contributed by atoms with Gasteiger partial charge in [0.05, 0.1) is 0 Å². The van der Waals surface area contributed by atoms with Gasteiger partial charge < -0.3 is 9.67 Å². The van der Waals surface area contributed by atoms with E-state index in [0.29, 0.717) is 11.6 Å². The second-order valence-corrected chi connectivity index (χ2v) is 6.31. The first kappa shape index (κ1) is 14.2. The van der Waals surface area contributed by atoms with Gasteiger partial charge in [0.1, 0.15) is 11.5 Å². The summed E-state index contributed by atoms with van der Waals surface area (Å²) in [5.41, 5.74) is 2.54. The first-order valence-electron chi connectivity index (χ1n) is 8.21. The number of hydrogen-bond donors (Lipinski definition) is 1. The largest absolute Gasteiger partial charge is 0.493 e. The molecule has 23 heavy (non-hydrogen) atoms. The van der Waals surface area contributed by atoms with Crippen LogP contribution in [0.3, 0.4) is 0 Å². The maximum atomic E-state index is 10.5. The third kappa shape index (κ3) is 2.46. The molecular formula is C18H20N4O. The molecule has 3 heterocycles. The van der Waals surface area contributed by atoms with E-state index in [1.165, 1.54) is 19.3 Å². The van der Waals surface area contributed by atoms with Crippen molar-refractivity contribution >= 4 is 23.7 Å². The molecular weight excluding hydrogens is 288 g/mol. The van der Waals surface area contributed by atoms with Gasteiger partial charge in [-0.25, -0.2) is 15.0 Å². The zero-order chi connectivity index (χ0) is 15.8. The van der Waals surface area contributed by atoms with Crippen molar-refractivity contribution in [2.45, 2.75) is 38.0 Å². The highest BCUT2D eigenvalue weighted by molar-refractivity contribution is 6.20. The number of rotatable bonds is 2. The van der Waals surface area contributed by atoms with Crippen LogP contribution in [0.25, 0.3) is 11.6 Å². The molecule has 118 valence electrons. The van der Waals surface area contributed by atoms with E-state index in [9.17, 15) is 5.11 Å². The number of allylic oxidation sites excluding steroid dienone is 1. The van der Waals surface area contributed by atoms with Crippen molar-refractivity contribution in [1.82, 2.24) is 14.5 Å². The van der Waals surface area contributed by atoms with E-state index in [0.717, 1.165) is 35.6 Å². The number of nitrogens with zero attached hydrogens (tertiary/aromatic N) is 4. The Balaban J connectivity index is 1.71. The summed E-state index contributed by atoms with van der Waals surface area (Å²) >= 11 is 0. The standard InChI is InChI=1S/C18H20N4O/c1-22-17(12-6-3-2-4-7-12)21-15(18(22)23)10-13-11-20-16-14(13)8-5-9-19-16/h5,8-12,23H,2-4,6-7H2,1H3. The summed E-state index contributed by atoms with van der Waals surface area (Å²) in [5, 5.41) is 10.5. The number of fused-ring (bicyclic) bond motifs is 1. The summed E-state index contributed by atoms with van der Waals surface area (Å²) in [6, 6.07) is 3.89. The maximum absolute atomic E-state index is 10.5. The lowest BCUT2D eigenvalue weighted by molar-refractivity contribution is 0.397. The minimum Gasteiger partial charge on any atom is -0.493 e. The van der Waals surface area contributed by atoms with E-state index in [1.807, 2.05) is 29.8 Å². The number of pyridine rings is 1. The first-order valence-corrected chi connectivity index (χ1v) is 8.21. The van der Waals surface area contributed by atoms with E-state index in [1.54, 1.807) is 12.4 Å². The number of aliphatic imine (C=N–C) groups is 1. The summed E-state index contributed by atoms with van der Waals surface area (Å²) in [6.45, 7) is 0. The zero-order valence-electron chi connectivity index (χ0n) is 13.2. The van der Waals surface area contributed by atoms with Gasteiger partial charge in [0.25, 0.3) is 0 Å². The van der Waals surface area contributed by atoms with Gasteiger partial charge in [0.2, 0.25) is 5.88 Å². The van der Waals surface area contributed by atoms with Crippen LogP contribution in [0, 0.1) is 0 Å². The highest BCUT2D eigenvalue weighted by Crippen LogP contribution is 2.36. The van der Waals surface area contributed by atoms with Crippen molar-refractivity contribution in [3.8, 4) is 5.88 Å². The molecule has 0 aromatic carbocycles. The first-order chi connectivity index (χ1) is 11.2. The second kappa shape index (κ2) is 5.65. The Labute approximate surface area is 135 Å². The van der Waals surface area contributed by atoms with Gasteiger partial charge in [-0.2, -0.15) is 0 Å². The molecule has 2 aromatic rings. The average Bonchev–Trinajstić information content (AvgIpc) is 3.13. The van der Waals surface area contributed by atoms with Crippen LogP contribution < -0.4 is 0 Å². The molecule has 0 radical (unpaired) electrons. The summed E-state index contributed by atoms with van der Waals surface area (Å²) in [5.74, 6) is 2.40. The molecule has 1 aliphatic carbocycles. The molecule has 0 unspecified atom stereocenters. The monoisotopic (exact) mass is 308 g/mol. The van der Waals surface area contributed by atoms with Crippen LogP contribution >= 0.6 is 0 Å². The topological polar surface area (TPSA) is 63.3 Å². The van der Waals surface area contributed by atoms with Gasteiger partial charge in [0, 0.05) is 36.5 Å². The molecule has 1 saturated carbocycles. The second-order valence-electron chi connectivity index (χ2n) is 6.31. The lowest BCUT2D eigenvalue weighted by atomic mass is 9.89. The fourth-order valence-corrected chi connectivity index (χ4v) is 3.54. The number of aromatic hydroxyl groups is 1. The molecule has 0 amide bonds. The summed E-state index contributed by atoms with van der Waals surface area (Å²) in [7, 11) is 1.90. The Hall–Kier alpha value is -2.43. The van der Waals surface area contributed by atoms with Crippen molar-refractivity contribution in [1.29, 1.82) is 0 Å². The molecule has 1 aliphatic heterocycles. The fraction of sp³-hybridized carbons (Fsp3) is 0.389. The molecule has 1 N–H and O–H groups in total. The van der Waals surface area contributed by atoms with E-state index >= 15 is 0 Å². The lowest BCUT2D eigenvalue weighted by Crippen LogP contribution is -2.09. The van der Waals surface area contributed by atoms with Crippen LogP contribution in [-0.4, -0.2) is 25.9 Å². The third-order valence-electron chi connectivity index (χ3n) is 4.81. The van der Waals surface area contributed by atoms with Crippen LogP contribution in [0.2, 0.25) is 0 Å². The molecule has 0 bridgehead atoms. The average molecular weight is 308 g/mol. The van der Waals surface area contributed by atoms with Gasteiger partial charge in [-0.05, 0) is 31.1 Å². The minimum absolute atomic E-state index is 0.226. The van der Waals surface area contributed by atoms with E-state index in [4.69, 9.17) is 4.98 Å². The Bertz CT molecular complexity index is 797. The maximum Gasteiger partial charge on any atom is 0.218 e. The Morgan fingerprint density at radius 2 is 2.09 bits per heavy atom. The van der Waals surface area contributed by atoms with Crippen LogP contribution in [0.1, 0.15) is 55.1 Å². The van der Waals surface area contributed by atoms with E-state index < -0.39 is 0 Å². The smallest absolute Gasteiger partial charge is 0.218 e. The zero-order valence-corrected chi connectivity index (χ0v) is 13.2. The molecule has 4 rings (SSSR count). The van der Waals surface area contributed by atoms with Crippen molar-refractivity contribution < 1.29 is 5.11 Å². The minimum atomic E-state index is 0.226. The fourth-order valence-electron chi connectivity index (χ4n) is 3.54. The van der Waals surface area contributed by atoms with Gasteiger partial charge in [-0.3, -0.25) is 0 Å². The third-order valence-corrected chi connectivity index (χ3v) is 4.81. The van der Waals surface area contributed by atoms with Crippen LogP contribution in [0.4, 0.5) is 5.82 Å². The van der Waals surface area contributed by atoms with E-state index in [2.05, 4.69) is 9.98 Å². The molecule has 2 aromatic heterocycles. The normalized spacial score (nSPS) is 19.4. The molecule has 2 aliphatic rings. The van der Waals surface area contributed by atoms with Gasteiger partial charge >= 0.3 is 0 Å². The Kier molecular flexibility index (Phi) is 3.48. The van der Waals surface area contributed by atoms with Crippen molar-refractivity contribution in [2.75, 3.05) is 0 Å². The van der Waals surface area contributed by atoms with Gasteiger partial charge in [-0.15, -0.1) is 0 Å². The highest BCUT2D eigenvalue weighted by atomic mass is 16.3. The van der Waals surface area contributed by atoms with Gasteiger partial charge in [-0.1, -0.05) is 19.3 Å². The Morgan fingerprint density at radius 1 is 1.26 bits per heavy atom. The molecule has 0 spiro atoms. The Morgan fingerprint density at radius 3 is 2.91 bits per heavy atom. The SMILES string of the molecule is Cn1c(C2CCCCC2)nc(C=C2C=Nc3ncccc32)c1O. The molecule has 5 heteroatoms. The van der Waals surface area contributed by atoms with Crippen molar-refractivity contribution in [3.63, 3.8) is 0 Å². The van der Waals surface area contributed by atoms with Crippen molar-refractivity contribution in [2.24, 2.45) is 12.0 Å². The van der Waals surface area contributed by atoms with Crippen LogP contribution in [0.5, 0.6) is 5.88 Å². The number of aromatic nitrogens is 3. The van der Waals surface area contributed by atoms with E-state index in [-0.39, 0.29) is 5.88 Å². The van der Waals surface area contributed by atoms with Crippen LogP contribution in [-0.2, 0) is 7.05 Å². The number of hydrogen-bond acceptors (Lipinski definition) is 4. The highest BCUT2D eigenvalue weighted by Gasteiger charge is 2.23. The molecule has 5 nitrogen and oxygen atoms in total. The van der Waals surface area contributed by atoms with Gasteiger partial charge in [0.15, 0.2) is 5.82 Å².